The van der Waals surface area contributed by atoms with Gasteiger partial charge in [-0.25, -0.2) is 0 Å². The molecular weight excluding hydrogens is 348 g/mol. The van der Waals surface area contributed by atoms with Gasteiger partial charge in [0.1, 0.15) is 5.58 Å². The maximum atomic E-state index is 12.7. The third-order valence-corrected chi connectivity index (χ3v) is 6.40. The summed E-state index contributed by atoms with van der Waals surface area (Å²) < 4.78 is 5.74. The number of aryl methyl sites for hydroxylation is 2. The fraction of sp³-hybridized carbons (Fsp3) is 0.571. The number of amides is 1. The second-order valence-electron chi connectivity index (χ2n) is 8.10. The van der Waals surface area contributed by atoms with Gasteiger partial charge < -0.3 is 15.5 Å². The van der Waals surface area contributed by atoms with Crippen molar-refractivity contribution < 1.29 is 9.21 Å². The predicted octanol–water partition coefficient (Wildman–Crippen LogP) is 4.04. The molecule has 0 saturated heterocycles. The molecule has 2 fully saturated rings. The molecule has 3 N–H and O–H groups in total. The standard InChI is InChI=1S/C21H28N2O2.ClH/c1-12-6-7-18-16(11-25-21(18)13(12)2)10-19(24)23-20-14-4-3-5-15(20)9-17(22)8-14;/h6-7,11,14-15,17,20H,3-5,8-10,22H2,1-2H3,(H,23,24);1H. The summed E-state index contributed by atoms with van der Waals surface area (Å²) >= 11 is 0. The monoisotopic (exact) mass is 376 g/mol. The molecule has 2 atom stereocenters. The van der Waals surface area contributed by atoms with Crippen molar-refractivity contribution in [2.75, 3.05) is 0 Å². The van der Waals surface area contributed by atoms with Gasteiger partial charge in [-0.15, -0.1) is 12.4 Å². The van der Waals surface area contributed by atoms with Crippen molar-refractivity contribution in [2.24, 2.45) is 17.6 Å². The van der Waals surface area contributed by atoms with Crippen LogP contribution in [0.3, 0.4) is 0 Å². The van der Waals surface area contributed by atoms with Crippen LogP contribution in [0.1, 0.15) is 48.8 Å². The highest BCUT2D eigenvalue weighted by Crippen LogP contribution is 2.39. The molecular formula is C21H29ClN2O2. The van der Waals surface area contributed by atoms with Crippen LogP contribution in [0.15, 0.2) is 22.8 Å². The molecule has 142 valence electrons. The molecule has 2 aliphatic carbocycles. The van der Waals surface area contributed by atoms with E-state index in [1.807, 2.05) is 0 Å². The number of hydrogen-bond acceptors (Lipinski definition) is 3. The summed E-state index contributed by atoms with van der Waals surface area (Å²) in [6, 6.07) is 4.79. The van der Waals surface area contributed by atoms with Crippen LogP contribution in [-0.4, -0.2) is 18.0 Å². The first kappa shape index (κ1) is 19.2. The van der Waals surface area contributed by atoms with Crippen molar-refractivity contribution in [3.8, 4) is 0 Å². The van der Waals surface area contributed by atoms with E-state index in [0.717, 1.165) is 34.9 Å². The van der Waals surface area contributed by atoms with Gasteiger partial charge in [0, 0.05) is 23.0 Å². The fourth-order valence-electron chi connectivity index (χ4n) is 4.96. The second-order valence-corrected chi connectivity index (χ2v) is 8.10. The highest BCUT2D eigenvalue weighted by Gasteiger charge is 2.39. The molecule has 1 aromatic carbocycles. The zero-order valence-electron chi connectivity index (χ0n) is 15.6. The molecule has 4 nitrogen and oxygen atoms in total. The largest absolute Gasteiger partial charge is 0.464 e. The van der Waals surface area contributed by atoms with Crippen molar-refractivity contribution in [3.63, 3.8) is 0 Å². The Kier molecular flexibility index (Phi) is 5.64. The van der Waals surface area contributed by atoms with Gasteiger partial charge in [0.25, 0.3) is 0 Å². The lowest BCUT2D eigenvalue weighted by molar-refractivity contribution is -0.122. The molecule has 2 bridgehead atoms. The zero-order chi connectivity index (χ0) is 17.6. The van der Waals surface area contributed by atoms with Crippen molar-refractivity contribution in [3.05, 3.63) is 35.1 Å². The minimum Gasteiger partial charge on any atom is -0.464 e. The normalized spacial score (nSPS) is 27.8. The van der Waals surface area contributed by atoms with Gasteiger partial charge in [0.15, 0.2) is 0 Å². The fourth-order valence-corrected chi connectivity index (χ4v) is 4.96. The molecule has 0 aliphatic heterocycles. The minimum absolute atomic E-state index is 0. The van der Waals surface area contributed by atoms with Crippen LogP contribution in [0.4, 0.5) is 0 Å². The Morgan fingerprint density at radius 2 is 1.92 bits per heavy atom. The molecule has 1 aromatic heterocycles. The average molecular weight is 377 g/mol. The van der Waals surface area contributed by atoms with Crippen molar-refractivity contribution in [1.82, 2.24) is 5.32 Å². The predicted molar refractivity (Wildman–Crippen MR) is 107 cm³/mol. The van der Waals surface area contributed by atoms with Gasteiger partial charge in [-0.3, -0.25) is 4.79 Å². The van der Waals surface area contributed by atoms with Crippen LogP contribution < -0.4 is 11.1 Å². The topological polar surface area (TPSA) is 68.3 Å². The minimum atomic E-state index is 0. The van der Waals surface area contributed by atoms with Gasteiger partial charge >= 0.3 is 0 Å². The lowest BCUT2D eigenvalue weighted by Gasteiger charge is -2.45. The Bertz CT molecular complexity index is 787. The summed E-state index contributed by atoms with van der Waals surface area (Å²) in [6.45, 7) is 4.15. The number of hydrogen-bond donors (Lipinski definition) is 2. The highest BCUT2D eigenvalue weighted by molar-refractivity contribution is 5.89. The summed E-state index contributed by atoms with van der Waals surface area (Å²) in [7, 11) is 0. The number of carbonyl (C=O) groups excluding carboxylic acids is 1. The third-order valence-electron chi connectivity index (χ3n) is 6.40. The number of halogens is 1. The molecule has 2 aliphatic rings. The molecule has 5 heteroatoms. The van der Waals surface area contributed by atoms with Crippen LogP contribution >= 0.6 is 12.4 Å². The molecule has 0 radical (unpaired) electrons. The number of rotatable bonds is 3. The van der Waals surface area contributed by atoms with E-state index >= 15 is 0 Å². The Morgan fingerprint density at radius 1 is 1.23 bits per heavy atom. The first-order chi connectivity index (χ1) is 12.0. The molecule has 2 unspecified atom stereocenters. The third kappa shape index (κ3) is 3.49. The van der Waals surface area contributed by atoms with Crippen LogP contribution in [0.25, 0.3) is 11.0 Å². The molecule has 4 rings (SSSR count). The van der Waals surface area contributed by atoms with Gasteiger partial charge in [0.05, 0.1) is 12.7 Å². The average Bonchev–Trinajstić information content (AvgIpc) is 2.95. The maximum absolute atomic E-state index is 12.7. The second kappa shape index (κ2) is 7.61. The van der Waals surface area contributed by atoms with Crippen LogP contribution in [0.5, 0.6) is 0 Å². The number of furan rings is 1. The van der Waals surface area contributed by atoms with Gasteiger partial charge in [-0.2, -0.15) is 0 Å². The summed E-state index contributed by atoms with van der Waals surface area (Å²) in [5.41, 5.74) is 10.4. The van der Waals surface area contributed by atoms with Gasteiger partial charge in [-0.1, -0.05) is 18.6 Å². The van der Waals surface area contributed by atoms with Gasteiger partial charge in [-0.05, 0) is 62.5 Å². The Morgan fingerprint density at radius 3 is 2.62 bits per heavy atom. The molecule has 1 amide bonds. The van der Waals surface area contributed by atoms with Crippen molar-refractivity contribution in [1.29, 1.82) is 0 Å². The first-order valence-corrected chi connectivity index (χ1v) is 9.54. The molecule has 1 heterocycles. The Hall–Kier alpha value is -1.52. The van der Waals surface area contributed by atoms with E-state index < -0.39 is 0 Å². The summed E-state index contributed by atoms with van der Waals surface area (Å²) in [4.78, 5) is 12.7. The van der Waals surface area contributed by atoms with E-state index in [1.165, 1.54) is 24.8 Å². The van der Waals surface area contributed by atoms with E-state index in [1.54, 1.807) is 6.26 Å². The summed E-state index contributed by atoms with van der Waals surface area (Å²) in [5.74, 6) is 1.22. The number of benzene rings is 1. The van der Waals surface area contributed by atoms with E-state index in [0.29, 0.717) is 30.3 Å². The van der Waals surface area contributed by atoms with Crippen LogP contribution in [0, 0.1) is 25.7 Å². The zero-order valence-corrected chi connectivity index (χ0v) is 16.4. The lowest BCUT2D eigenvalue weighted by atomic mass is 9.67. The van der Waals surface area contributed by atoms with Gasteiger partial charge in [0.2, 0.25) is 5.91 Å². The van der Waals surface area contributed by atoms with Crippen molar-refractivity contribution >= 4 is 29.3 Å². The molecule has 2 aromatic rings. The molecule has 26 heavy (non-hydrogen) atoms. The molecule has 2 saturated carbocycles. The Labute approximate surface area is 161 Å². The van der Waals surface area contributed by atoms with E-state index in [4.69, 9.17) is 10.2 Å². The number of carbonyl (C=O) groups is 1. The number of nitrogens with two attached hydrogens (primary N) is 1. The summed E-state index contributed by atoms with van der Waals surface area (Å²) in [6.07, 6.45) is 7.90. The molecule has 0 spiro atoms. The smallest absolute Gasteiger partial charge is 0.224 e. The van der Waals surface area contributed by atoms with Crippen LogP contribution in [-0.2, 0) is 11.2 Å². The quantitative estimate of drug-likeness (QED) is 0.849. The number of nitrogens with one attached hydrogen (secondary N) is 1. The maximum Gasteiger partial charge on any atom is 0.224 e. The first-order valence-electron chi connectivity index (χ1n) is 9.54. The van der Waals surface area contributed by atoms with E-state index in [2.05, 4.69) is 31.3 Å². The highest BCUT2D eigenvalue weighted by atomic mass is 35.5. The lowest BCUT2D eigenvalue weighted by Crippen LogP contribution is -2.54. The number of fused-ring (bicyclic) bond motifs is 3. The summed E-state index contributed by atoms with van der Waals surface area (Å²) in [5, 5.41) is 4.39. The van der Waals surface area contributed by atoms with Crippen LogP contribution in [0.2, 0.25) is 0 Å². The van der Waals surface area contributed by atoms with Crippen molar-refractivity contribution in [2.45, 2.75) is 64.5 Å². The van der Waals surface area contributed by atoms with E-state index in [-0.39, 0.29) is 18.3 Å². The SMILES string of the molecule is Cc1ccc2c(CC(=O)NC3C4CCCC3CC(N)C4)coc2c1C.Cl. The van der Waals surface area contributed by atoms with E-state index in [9.17, 15) is 4.79 Å². The Balaban J connectivity index is 0.00000196.